The Morgan fingerprint density at radius 3 is 2.86 bits per heavy atom. The van der Waals surface area contributed by atoms with Crippen molar-refractivity contribution in [2.24, 2.45) is 5.84 Å². The Labute approximate surface area is 129 Å². The van der Waals surface area contributed by atoms with Crippen LogP contribution in [0.5, 0.6) is 0 Å². The molecule has 21 heavy (non-hydrogen) atoms. The Hall–Kier alpha value is -2.15. The molecule has 106 valence electrons. The molecule has 2 aromatic carbocycles. The molecule has 1 aromatic heterocycles. The number of hydrazine groups is 1. The summed E-state index contributed by atoms with van der Waals surface area (Å²) in [6.45, 7) is 0. The summed E-state index contributed by atoms with van der Waals surface area (Å²) < 4.78 is 0.919. The fourth-order valence-corrected chi connectivity index (χ4v) is 3.06. The zero-order valence-electron chi connectivity index (χ0n) is 10.8. The first-order valence-corrected chi connectivity index (χ1v) is 7.30. The van der Waals surface area contributed by atoms with Gasteiger partial charge in [-0.3, -0.25) is 16.0 Å². The van der Waals surface area contributed by atoms with Crippen molar-refractivity contribution in [1.82, 2.24) is 4.98 Å². The van der Waals surface area contributed by atoms with Crippen molar-refractivity contribution >= 4 is 49.9 Å². The Kier molecular flexibility index (Phi) is 3.74. The average Bonchev–Trinajstić information content (AvgIpc) is 2.88. The number of nitrogens with two attached hydrogens (primary N) is 1. The molecule has 0 saturated carbocycles. The van der Waals surface area contributed by atoms with E-state index in [2.05, 4.69) is 15.7 Å². The second-order valence-electron chi connectivity index (χ2n) is 4.28. The van der Waals surface area contributed by atoms with Gasteiger partial charge in [0.1, 0.15) is 0 Å². The highest BCUT2D eigenvalue weighted by molar-refractivity contribution is 7.22. The van der Waals surface area contributed by atoms with Gasteiger partial charge in [-0.1, -0.05) is 35.1 Å². The molecule has 0 unspecified atom stereocenters. The first-order valence-electron chi connectivity index (χ1n) is 6.10. The van der Waals surface area contributed by atoms with Crippen LogP contribution in [-0.4, -0.2) is 10.9 Å². The number of halogens is 1. The molecule has 1 amide bonds. The van der Waals surface area contributed by atoms with E-state index in [9.17, 15) is 4.79 Å². The number of nitrogen functional groups attached to an aromatic ring is 1. The second kappa shape index (κ2) is 5.69. The average molecular weight is 319 g/mol. The van der Waals surface area contributed by atoms with E-state index in [1.165, 1.54) is 11.3 Å². The number of thiazole rings is 1. The van der Waals surface area contributed by atoms with Gasteiger partial charge < -0.3 is 5.43 Å². The molecule has 3 rings (SSSR count). The van der Waals surface area contributed by atoms with Gasteiger partial charge in [-0.05, 0) is 30.3 Å². The van der Waals surface area contributed by atoms with E-state index in [1.807, 2.05) is 12.1 Å². The lowest BCUT2D eigenvalue weighted by atomic mass is 10.1. The predicted octanol–water partition coefficient (Wildman–Crippen LogP) is 3.49. The van der Waals surface area contributed by atoms with Gasteiger partial charge in [-0.25, -0.2) is 4.98 Å². The number of nitrogens with zero attached hydrogens (tertiary/aromatic N) is 1. The van der Waals surface area contributed by atoms with E-state index < -0.39 is 0 Å². The van der Waals surface area contributed by atoms with Gasteiger partial charge >= 0.3 is 0 Å². The number of nitrogens with one attached hydrogen (secondary N) is 2. The molecule has 0 aliphatic carbocycles. The van der Waals surface area contributed by atoms with Crippen molar-refractivity contribution < 1.29 is 4.79 Å². The number of amides is 1. The van der Waals surface area contributed by atoms with E-state index >= 15 is 0 Å². The number of para-hydroxylation sites is 1. The van der Waals surface area contributed by atoms with Crippen LogP contribution in [0.4, 0.5) is 10.8 Å². The van der Waals surface area contributed by atoms with Crippen LogP contribution in [0.25, 0.3) is 10.2 Å². The molecule has 7 heteroatoms. The molecule has 0 saturated heterocycles. The summed E-state index contributed by atoms with van der Waals surface area (Å²) in [7, 11) is 0. The minimum absolute atomic E-state index is 0.270. The molecule has 0 radical (unpaired) electrons. The Morgan fingerprint density at radius 1 is 1.24 bits per heavy atom. The third kappa shape index (κ3) is 2.82. The second-order valence-corrected chi connectivity index (χ2v) is 5.74. The quantitative estimate of drug-likeness (QED) is 0.510. The lowest BCUT2D eigenvalue weighted by Gasteiger charge is -2.07. The van der Waals surface area contributed by atoms with E-state index in [-0.39, 0.29) is 5.91 Å². The molecule has 4 N–H and O–H groups in total. The Balaban J connectivity index is 1.89. The number of carbonyl (C=O) groups excluding carboxylic acids is 1. The summed E-state index contributed by atoms with van der Waals surface area (Å²) in [6.07, 6.45) is 0. The maximum atomic E-state index is 12.3. The molecule has 0 bridgehead atoms. The summed E-state index contributed by atoms with van der Waals surface area (Å²) >= 11 is 7.31. The van der Waals surface area contributed by atoms with Crippen molar-refractivity contribution in [1.29, 1.82) is 0 Å². The maximum Gasteiger partial charge on any atom is 0.259 e. The van der Waals surface area contributed by atoms with Gasteiger partial charge in [-0.15, -0.1) is 0 Å². The van der Waals surface area contributed by atoms with E-state index in [1.54, 1.807) is 30.3 Å². The normalized spacial score (nSPS) is 10.6. The van der Waals surface area contributed by atoms with Crippen LogP contribution in [0.15, 0.2) is 42.5 Å². The largest absolute Gasteiger partial charge is 0.323 e. The van der Waals surface area contributed by atoms with Gasteiger partial charge in [-0.2, -0.15) is 0 Å². The first-order chi connectivity index (χ1) is 10.2. The molecule has 0 aliphatic heterocycles. The van der Waals surface area contributed by atoms with Crippen LogP contribution < -0.4 is 16.6 Å². The summed E-state index contributed by atoms with van der Waals surface area (Å²) in [5, 5.41) is 3.93. The van der Waals surface area contributed by atoms with Gasteiger partial charge in [0, 0.05) is 5.02 Å². The van der Waals surface area contributed by atoms with Crippen molar-refractivity contribution in [3.8, 4) is 0 Å². The minimum Gasteiger partial charge on any atom is -0.323 e. The number of carbonyl (C=O) groups is 1. The summed E-state index contributed by atoms with van der Waals surface area (Å²) in [5.74, 6) is 5.13. The molecule has 3 aromatic rings. The predicted molar refractivity (Wildman–Crippen MR) is 86.8 cm³/mol. The smallest absolute Gasteiger partial charge is 0.259 e. The molecule has 0 atom stereocenters. The summed E-state index contributed by atoms with van der Waals surface area (Å²) in [5.41, 5.74) is 4.31. The van der Waals surface area contributed by atoms with Crippen LogP contribution in [-0.2, 0) is 0 Å². The number of benzene rings is 2. The van der Waals surface area contributed by atoms with Gasteiger partial charge in [0.15, 0.2) is 5.13 Å². The summed E-state index contributed by atoms with van der Waals surface area (Å²) in [6, 6.07) is 12.4. The van der Waals surface area contributed by atoms with Crippen LogP contribution in [0.3, 0.4) is 0 Å². The number of hydrogen-bond acceptors (Lipinski definition) is 5. The zero-order chi connectivity index (χ0) is 14.8. The van der Waals surface area contributed by atoms with Crippen LogP contribution in [0.2, 0.25) is 5.02 Å². The fraction of sp³-hybridized carbons (Fsp3) is 0. The van der Waals surface area contributed by atoms with Gasteiger partial charge in [0.25, 0.3) is 5.91 Å². The highest BCUT2D eigenvalue weighted by Gasteiger charge is 2.13. The van der Waals surface area contributed by atoms with Crippen LogP contribution in [0, 0.1) is 0 Å². The van der Waals surface area contributed by atoms with Crippen molar-refractivity contribution in [2.45, 2.75) is 0 Å². The molecule has 0 spiro atoms. The van der Waals surface area contributed by atoms with E-state index in [4.69, 9.17) is 17.4 Å². The van der Waals surface area contributed by atoms with E-state index in [0.29, 0.717) is 21.4 Å². The number of anilines is 2. The third-order valence-corrected chi connectivity index (χ3v) is 4.07. The molecular formula is C14H11ClN4OS. The summed E-state index contributed by atoms with van der Waals surface area (Å²) in [4.78, 5) is 16.6. The Morgan fingerprint density at radius 2 is 2.05 bits per heavy atom. The van der Waals surface area contributed by atoms with Gasteiger partial charge in [0.2, 0.25) is 0 Å². The highest BCUT2D eigenvalue weighted by atomic mass is 35.5. The number of fused-ring (bicyclic) bond motifs is 1. The highest BCUT2D eigenvalue weighted by Crippen LogP contribution is 2.28. The van der Waals surface area contributed by atoms with Crippen LogP contribution >= 0.6 is 22.9 Å². The first kappa shape index (κ1) is 13.8. The van der Waals surface area contributed by atoms with Crippen molar-refractivity contribution in [2.75, 3.05) is 10.7 Å². The van der Waals surface area contributed by atoms with Crippen molar-refractivity contribution in [3.05, 3.63) is 53.1 Å². The maximum absolute atomic E-state index is 12.3. The molecule has 0 aliphatic rings. The SMILES string of the molecule is NNc1ccccc1C(=O)Nc1nc2ccc(Cl)cc2s1. The molecular weight excluding hydrogens is 308 g/mol. The fourth-order valence-electron chi connectivity index (χ4n) is 1.92. The number of rotatable bonds is 3. The van der Waals surface area contributed by atoms with Gasteiger partial charge in [0.05, 0.1) is 21.5 Å². The topological polar surface area (TPSA) is 80.0 Å². The van der Waals surface area contributed by atoms with Crippen LogP contribution in [0.1, 0.15) is 10.4 Å². The van der Waals surface area contributed by atoms with Crippen molar-refractivity contribution in [3.63, 3.8) is 0 Å². The zero-order valence-corrected chi connectivity index (χ0v) is 12.3. The lowest BCUT2D eigenvalue weighted by Crippen LogP contribution is -2.16. The minimum atomic E-state index is -0.270. The van der Waals surface area contributed by atoms with E-state index in [0.717, 1.165) is 10.2 Å². The number of hydrogen-bond donors (Lipinski definition) is 3. The molecule has 5 nitrogen and oxygen atoms in total. The number of aromatic nitrogens is 1. The Bertz CT molecular complexity index is 818. The standard InChI is InChI=1S/C14H11ClN4OS/c15-8-5-6-11-12(7-8)21-14(17-11)18-13(20)9-3-1-2-4-10(9)19-16/h1-7,19H,16H2,(H,17,18,20). The third-order valence-electron chi connectivity index (χ3n) is 2.90. The molecule has 0 fully saturated rings. The molecule has 1 heterocycles. The monoisotopic (exact) mass is 318 g/mol. The lowest BCUT2D eigenvalue weighted by molar-refractivity contribution is 0.102.